The lowest BCUT2D eigenvalue weighted by Gasteiger charge is -2.05. The number of aromatic nitrogens is 1. The van der Waals surface area contributed by atoms with Crippen LogP contribution in [0.3, 0.4) is 0 Å². The van der Waals surface area contributed by atoms with E-state index < -0.39 is 0 Å². The summed E-state index contributed by atoms with van der Waals surface area (Å²) in [5, 5.41) is 2.77. The smallest absolute Gasteiger partial charge is 0.252 e. The van der Waals surface area contributed by atoms with Gasteiger partial charge in [0.15, 0.2) is 11.5 Å². The number of carbonyl (C=O) groups is 1. The summed E-state index contributed by atoms with van der Waals surface area (Å²) in [7, 11) is 0. The Labute approximate surface area is 162 Å². The molecule has 4 rings (SSSR count). The Balaban J connectivity index is 1.22. The molecular weight excluding hydrogens is 356 g/mol. The van der Waals surface area contributed by atoms with Crippen LogP contribution in [0, 0.1) is 11.8 Å². The standard InChI is InChI=1S/C22H18N2O4/c25-22(17-5-7-18(8-6-17)24-12-2-3-13-24)23-11-1-4-14-26-19-9-10-20-21(15-19)28-16-27-20/h2-3,5-10,12-13,15H,11,14,16H2,(H,23,25). The Morgan fingerprint density at radius 2 is 1.82 bits per heavy atom. The first-order valence-corrected chi connectivity index (χ1v) is 8.79. The van der Waals surface area contributed by atoms with Gasteiger partial charge in [0.2, 0.25) is 6.79 Å². The zero-order valence-corrected chi connectivity index (χ0v) is 15.1. The predicted molar refractivity (Wildman–Crippen MR) is 104 cm³/mol. The minimum Gasteiger partial charge on any atom is -0.481 e. The van der Waals surface area contributed by atoms with Gasteiger partial charge in [0.05, 0.1) is 6.54 Å². The summed E-state index contributed by atoms with van der Waals surface area (Å²) >= 11 is 0. The van der Waals surface area contributed by atoms with Gasteiger partial charge < -0.3 is 24.1 Å². The van der Waals surface area contributed by atoms with E-state index in [1.807, 2.05) is 41.2 Å². The van der Waals surface area contributed by atoms with E-state index in [0.29, 0.717) is 22.8 Å². The minimum absolute atomic E-state index is 0.162. The van der Waals surface area contributed by atoms with Gasteiger partial charge >= 0.3 is 0 Å². The Morgan fingerprint density at radius 3 is 2.64 bits per heavy atom. The van der Waals surface area contributed by atoms with Crippen LogP contribution in [0.4, 0.5) is 0 Å². The second kappa shape index (κ2) is 8.23. The third-order valence-corrected chi connectivity index (χ3v) is 4.15. The van der Waals surface area contributed by atoms with Gasteiger partial charge in [-0.1, -0.05) is 11.8 Å². The first-order valence-electron chi connectivity index (χ1n) is 8.79. The van der Waals surface area contributed by atoms with Crippen LogP contribution in [-0.2, 0) is 0 Å². The fourth-order valence-electron chi connectivity index (χ4n) is 2.72. The highest BCUT2D eigenvalue weighted by atomic mass is 16.7. The number of nitrogens with one attached hydrogen (secondary N) is 1. The van der Waals surface area contributed by atoms with Crippen molar-refractivity contribution < 1.29 is 19.0 Å². The summed E-state index contributed by atoms with van der Waals surface area (Å²) in [4.78, 5) is 12.2. The van der Waals surface area contributed by atoms with E-state index in [1.54, 1.807) is 30.3 Å². The van der Waals surface area contributed by atoms with Crippen LogP contribution in [0.25, 0.3) is 5.69 Å². The maximum absolute atomic E-state index is 12.2. The summed E-state index contributed by atoms with van der Waals surface area (Å²) in [6.45, 7) is 0.705. The SMILES string of the molecule is O=C(NCC#CCOc1ccc2c(c1)OCO2)c1ccc(-n2cccc2)cc1. The van der Waals surface area contributed by atoms with Crippen molar-refractivity contribution in [3.05, 3.63) is 72.6 Å². The Kier molecular flexibility index (Phi) is 5.16. The highest BCUT2D eigenvalue weighted by molar-refractivity contribution is 5.94. The molecule has 6 heteroatoms. The number of nitrogens with zero attached hydrogens (tertiary/aromatic N) is 1. The van der Waals surface area contributed by atoms with Crippen molar-refractivity contribution in [2.45, 2.75) is 0 Å². The number of benzene rings is 2. The van der Waals surface area contributed by atoms with E-state index in [1.165, 1.54) is 0 Å². The van der Waals surface area contributed by atoms with Gasteiger partial charge in [-0.2, -0.15) is 0 Å². The highest BCUT2D eigenvalue weighted by Gasteiger charge is 2.13. The molecular formula is C22H18N2O4. The Morgan fingerprint density at radius 1 is 1.04 bits per heavy atom. The van der Waals surface area contributed by atoms with Crippen molar-refractivity contribution >= 4 is 5.91 Å². The maximum atomic E-state index is 12.2. The van der Waals surface area contributed by atoms with Gasteiger partial charge in [0.25, 0.3) is 5.91 Å². The molecule has 0 saturated carbocycles. The molecule has 3 aromatic rings. The van der Waals surface area contributed by atoms with Gasteiger partial charge in [0.1, 0.15) is 12.4 Å². The number of rotatable bonds is 5. The molecule has 1 aromatic heterocycles. The molecule has 0 fully saturated rings. The number of carbonyl (C=O) groups excluding carboxylic acids is 1. The van der Waals surface area contributed by atoms with E-state index in [0.717, 1.165) is 5.69 Å². The summed E-state index contributed by atoms with van der Waals surface area (Å²) in [5.74, 6) is 7.62. The second-order valence-electron chi connectivity index (χ2n) is 5.98. The second-order valence-corrected chi connectivity index (χ2v) is 5.98. The van der Waals surface area contributed by atoms with Crippen LogP contribution in [0.2, 0.25) is 0 Å². The largest absolute Gasteiger partial charge is 0.481 e. The molecule has 1 aliphatic rings. The average molecular weight is 374 g/mol. The van der Waals surface area contributed by atoms with Crippen LogP contribution >= 0.6 is 0 Å². The third kappa shape index (κ3) is 4.10. The number of hydrogen-bond acceptors (Lipinski definition) is 4. The van der Waals surface area contributed by atoms with E-state index in [4.69, 9.17) is 14.2 Å². The highest BCUT2D eigenvalue weighted by Crippen LogP contribution is 2.34. The topological polar surface area (TPSA) is 61.7 Å². The van der Waals surface area contributed by atoms with Crippen molar-refractivity contribution in [2.24, 2.45) is 0 Å². The van der Waals surface area contributed by atoms with E-state index in [-0.39, 0.29) is 25.9 Å². The fraction of sp³-hybridized carbons (Fsp3) is 0.136. The summed E-state index contributed by atoms with van der Waals surface area (Å²) in [6.07, 6.45) is 3.91. The third-order valence-electron chi connectivity index (χ3n) is 4.15. The van der Waals surface area contributed by atoms with Crippen molar-refractivity contribution in [2.75, 3.05) is 19.9 Å². The molecule has 2 aromatic carbocycles. The molecule has 0 radical (unpaired) electrons. The van der Waals surface area contributed by atoms with Crippen LogP contribution in [-0.4, -0.2) is 30.4 Å². The van der Waals surface area contributed by atoms with Crippen LogP contribution in [0.5, 0.6) is 17.2 Å². The minimum atomic E-state index is -0.162. The zero-order chi connectivity index (χ0) is 19.2. The van der Waals surface area contributed by atoms with Crippen LogP contribution in [0.15, 0.2) is 67.0 Å². The van der Waals surface area contributed by atoms with Gasteiger partial charge in [-0.15, -0.1) is 0 Å². The first-order chi connectivity index (χ1) is 13.8. The molecule has 28 heavy (non-hydrogen) atoms. The van der Waals surface area contributed by atoms with Crippen LogP contribution in [0.1, 0.15) is 10.4 Å². The van der Waals surface area contributed by atoms with Gasteiger partial charge in [0, 0.05) is 29.7 Å². The summed E-state index contributed by atoms with van der Waals surface area (Å²) in [6, 6.07) is 16.7. The molecule has 2 heterocycles. The van der Waals surface area contributed by atoms with E-state index in [9.17, 15) is 4.79 Å². The quantitative estimate of drug-likeness (QED) is 0.698. The molecule has 1 N–H and O–H groups in total. The lowest BCUT2D eigenvalue weighted by Crippen LogP contribution is -2.23. The molecule has 140 valence electrons. The zero-order valence-electron chi connectivity index (χ0n) is 15.1. The molecule has 0 bridgehead atoms. The molecule has 0 saturated heterocycles. The molecule has 0 spiro atoms. The van der Waals surface area contributed by atoms with Crippen LogP contribution < -0.4 is 19.5 Å². The van der Waals surface area contributed by atoms with Gasteiger partial charge in [-0.25, -0.2) is 0 Å². The normalized spacial score (nSPS) is 11.4. The Hall–Kier alpha value is -3.85. The maximum Gasteiger partial charge on any atom is 0.252 e. The average Bonchev–Trinajstić information content (AvgIpc) is 3.42. The molecule has 0 aliphatic carbocycles. The van der Waals surface area contributed by atoms with Crippen molar-refractivity contribution in [3.63, 3.8) is 0 Å². The van der Waals surface area contributed by atoms with E-state index in [2.05, 4.69) is 17.2 Å². The monoisotopic (exact) mass is 374 g/mol. The Bertz CT molecular complexity index is 1010. The number of hydrogen-bond donors (Lipinski definition) is 1. The van der Waals surface area contributed by atoms with Crippen molar-refractivity contribution in [1.82, 2.24) is 9.88 Å². The molecule has 1 amide bonds. The number of fused-ring (bicyclic) bond motifs is 1. The van der Waals surface area contributed by atoms with Gasteiger partial charge in [-0.05, 0) is 48.5 Å². The molecule has 1 aliphatic heterocycles. The van der Waals surface area contributed by atoms with E-state index >= 15 is 0 Å². The molecule has 0 atom stereocenters. The summed E-state index contributed by atoms with van der Waals surface area (Å²) in [5.41, 5.74) is 1.59. The van der Waals surface area contributed by atoms with Crippen molar-refractivity contribution in [3.8, 4) is 34.8 Å². The lowest BCUT2D eigenvalue weighted by molar-refractivity contribution is 0.0958. The van der Waals surface area contributed by atoms with Crippen molar-refractivity contribution in [1.29, 1.82) is 0 Å². The molecule has 0 unspecified atom stereocenters. The predicted octanol–water partition coefficient (Wildman–Crippen LogP) is 3.02. The lowest BCUT2D eigenvalue weighted by atomic mass is 10.2. The molecule has 6 nitrogen and oxygen atoms in total. The van der Waals surface area contributed by atoms with Gasteiger partial charge in [-0.3, -0.25) is 4.79 Å². The number of amides is 1. The first kappa shape index (κ1) is 17.6. The number of ether oxygens (including phenoxy) is 3. The summed E-state index contributed by atoms with van der Waals surface area (Å²) < 4.78 is 18.1. The fourth-order valence-corrected chi connectivity index (χ4v) is 2.72.